The molecule has 7 nitrogen and oxygen atoms in total. The summed E-state index contributed by atoms with van der Waals surface area (Å²) in [5, 5.41) is 6.01. The molecule has 1 saturated heterocycles. The number of anilines is 1. The van der Waals surface area contributed by atoms with Gasteiger partial charge in [-0.3, -0.25) is 9.59 Å². The zero-order chi connectivity index (χ0) is 22.4. The van der Waals surface area contributed by atoms with Gasteiger partial charge in [0.2, 0.25) is 5.91 Å². The lowest BCUT2D eigenvalue weighted by molar-refractivity contribution is -0.127. The first-order chi connectivity index (χ1) is 14.9. The number of carbonyl (C=O) groups excluding carboxylic acids is 3. The molecule has 0 spiro atoms. The van der Waals surface area contributed by atoms with Crippen LogP contribution in [0.4, 0.5) is 10.5 Å². The van der Waals surface area contributed by atoms with E-state index in [-0.39, 0.29) is 17.8 Å². The molecule has 0 aliphatic carbocycles. The van der Waals surface area contributed by atoms with Crippen LogP contribution in [0.2, 0.25) is 5.02 Å². The molecular weight excluding hydrogens is 416 g/mol. The Morgan fingerprint density at radius 3 is 2.23 bits per heavy atom. The fourth-order valence-corrected chi connectivity index (χ4v) is 3.35. The molecule has 2 N–H and O–H groups in total. The van der Waals surface area contributed by atoms with Crippen LogP contribution in [0.15, 0.2) is 48.5 Å². The first-order valence-electron chi connectivity index (χ1n) is 9.98. The van der Waals surface area contributed by atoms with E-state index in [1.54, 1.807) is 53.3 Å². The molecule has 2 aromatic rings. The van der Waals surface area contributed by atoms with Gasteiger partial charge in [0.15, 0.2) is 0 Å². The van der Waals surface area contributed by atoms with Crippen LogP contribution in [-0.4, -0.2) is 60.9 Å². The van der Waals surface area contributed by atoms with E-state index >= 15 is 0 Å². The van der Waals surface area contributed by atoms with Gasteiger partial charge in [-0.25, -0.2) is 4.79 Å². The molecule has 8 heteroatoms. The fourth-order valence-electron chi connectivity index (χ4n) is 3.17. The van der Waals surface area contributed by atoms with E-state index in [2.05, 4.69) is 10.6 Å². The number of piperazine rings is 1. The highest BCUT2D eigenvalue weighted by Gasteiger charge is 2.23. The van der Waals surface area contributed by atoms with Crippen molar-refractivity contribution in [3.63, 3.8) is 0 Å². The first kappa shape index (κ1) is 22.4. The second kappa shape index (κ2) is 10.1. The Balaban J connectivity index is 1.49. The van der Waals surface area contributed by atoms with E-state index in [1.807, 2.05) is 19.1 Å². The SMILES string of the molecule is CNC(=O)c1ccc(C=CC(=O)N2CCN(C(=O)Nc3ccc(C)c(Cl)c3)CC2)cc1. The Hall–Kier alpha value is -3.32. The standard InChI is InChI=1S/C23H25ClN4O3/c1-16-3-9-19(15-20(16)24)26-23(31)28-13-11-27(12-14-28)21(29)10-6-17-4-7-18(8-5-17)22(30)25-2/h3-10,15H,11-14H2,1-2H3,(H,25,30)(H,26,31). The third-order valence-electron chi connectivity index (χ3n) is 5.12. The highest BCUT2D eigenvalue weighted by molar-refractivity contribution is 6.31. The van der Waals surface area contributed by atoms with Gasteiger partial charge in [-0.1, -0.05) is 29.8 Å². The van der Waals surface area contributed by atoms with Gasteiger partial charge >= 0.3 is 6.03 Å². The number of carbonyl (C=O) groups is 3. The Kier molecular flexibility index (Phi) is 7.31. The number of benzene rings is 2. The molecule has 3 rings (SSSR count). The van der Waals surface area contributed by atoms with Crippen LogP contribution < -0.4 is 10.6 Å². The van der Waals surface area contributed by atoms with Gasteiger partial charge in [-0.2, -0.15) is 0 Å². The number of hydrogen-bond acceptors (Lipinski definition) is 3. The molecule has 0 bridgehead atoms. The number of amides is 4. The maximum atomic E-state index is 12.5. The van der Waals surface area contributed by atoms with Crippen molar-refractivity contribution in [1.82, 2.24) is 15.1 Å². The van der Waals surface area contributed by atoms with Crippen LogP contribution in [0, 0.1) is 6.92 Å². The van der Waals surface area contributed by atoms with E-state index < -0.39 is 0 Å². The third-order valence-corrected chi connectivity index (χ3v) is 5.53. The first-order valence-corrected chi connectivity index (χ1v) is 10.4. The number of urea groups is 1. The molecular formula is C23H25ClN4O3. The van der Waals surface area contributed by atoms with E-state index in [1.165, 1.54) is 6.08 Å². The summed E-state index contributed by atoms with van der Waals surface area (Å²) < 4.78 is 0. The van der Waals surface area contributed by atoms with Gasteiger partial charge in [-0.05, 0) is 48.4 Å². The van der Waals surface area contributed by atoms with Crippen molar-refractivity contribution < 1.29 is 14.4 Å². The molecule has 0 radical (unpaired) electrons. The minimum atomic E-state index is -0.209. The van der Waals surface area contributed by atoms with Crippen LogP contribution in [0.1, 0.15) is 21.5 Å². The predicted octanol–water partition coefficient (Wildman–Crippen LogP) is 3.40. The maximum Gasteiger partial charge on any atom is 0.321 e. The molecule has 4 amide bonds. The van der Waals surface area contributed by atoms with Crippen LogP contribution in [0.25, 0.3) is 6.08 Å². The van der Waals surface area contributed by atoms with E-state index in [0.29, 0.717) is 42.5 Å². The van der Waals surface area contributed by atoms with Crippen LogP contribution in [0.5, 0.6) is 0 Å². The largest absolute Gasteiger partial charge is 0.355 e. The van der Waals surface area contributed by atoms with Gasteiger partial charge in [-0.15, -0.1) is 0 Å². The summed E-state index contributed by atoms with van der Waals surface area (Å²) in [6.07, 6.45) is 3.23. The molecule has 2 aromatic carbocycles. The summed E-state index contributed by atoms with van der Waals surface area (Å²) in [6, 6.07) is 12.2. The van der Waals surface area contributed by atoms with Gasteiger partial charge in [0, 0.05) is 55.6 Å². The summed E-state index contributed by atoms with van der Waals surface area (Å²) in [4.78, 5) is 39.9. The number of hydrogen-bond donors (Lipinski definition) is 2. The molecule has 1 aliphatic heterocycles. The smallest absolute Gasteiger partial charge is 0.321 e. The summed E-state index contributed by atoms with van der Waals surface area (Å²) in [7, 11) is 1.58. The Morgan fingerprint density at radius 1 is 0.968 bits per heavy atom. The normalized spacial score (nSPS) is 13.9. The number of nitrogens with one attached hydrogen (secondary N) is 2. The topological polar surface area (TPSA) is 81.8 Å². The van der Waals surface area contributed by atoms with Crippen molar-refractivity contribution in [2.45, 2.75) is 6.92 Å². The Bertz CT molecular complexity index is 996. The lowest BCUT2D eigenvalue weighted by atomic mass is 10.1. The number of nitrogens with zero attached hydrogens (tertiary/aromatic N) is 2. The highest BCUT2D eigenvalue weighted by atomic mass is 35.5. The number of rotatable bonds is 4. The molecule has 162 valence electrons. The molecule has 31 heavy (non-hydrogen) atoms. The van der Waals surface area contributed by atoms with E-state index in [9.17, 15) is 14.4 Å². The minimum absolute atomic E-state index is 0.110. The Labute approximate surface area is 186 Å². The molecule has 0 saturated carbocycles. The molecule has 1 heterocycles. The number of halogens is 1. The predicted molar refractivity (Wildman–Crippen MR) is 122 cm³/mol. The van der Waals surface area contributed by atoms with Crippen LogP contribution >= 0.6 is 11.6 Å². The second-order valence-corrected chi connectivity index (χ2v) is 7.65. The summed E-state index contributed by atoms with van der Waals surface area (Å²) in [6.45, 7) is 3.72. The minimum Gasteiger partial charge on any atom is -0.355 e. The second-order valence-electron chi connectivity index (χ2n) is 7.24. The van der Waals surface area contributed by atoms with Gasteiger partial charge in [0.1, 0.15) is 0 Å². The monoisotopic (exact) mass is 440 g/mol. The van der Waals surface area contributed by atoms with Crippen molar-refractivity contribution in [3.8, 4) is 0 Å². The van der Waals surface area contributed by atoms with Gasteiger partial charge in [0.05, 0.1) is 0 Å². The third kappa shape index (κ3) is 5.86. The lowest BCUT2D eigenvalue weighted by Gasteiger charge is -2.34. The maximum absolute atomic E-state index is 12.5. The molecule has 0 aromatic heterocycles. The van der Waals surface area contributed by atoms with Crippen molar-refractivity contribution in [2.24, 2.45) is 0 Å². The van der Waals surface area contributed by atoms with E-state index in [4.69, 9.17) is 11.6 Å². The molecule has 0 unspecified atom stereocenters. The fraction of sp³-hybridized carbons (Fsp3) is 0.261. The van der Waals surface area contributed by atoms with Crippen molar-refractivity contribution in [1.29, 1.82) is 0 Å². The van der Waals surface area contributed by atoms with Crippen LogP contribution in [0.3, 0.4) is 0 Å². The van der Waals surface area contributed by atoms with Gasteiger partial charge in [0.25, 0.3) is 5.91 Å². The Morgan fingerprint density at radius 2 is 1.61 bits per heavy atom. The zero-order valence-electron chi connectivity index (χ0n) is 17.5. The molecule has 0 atom stereocenters. The highest BCUT2D eigenvalue weighted by Crippen LogP contribution is 2.20. The zero-order valence-corrected chi connectivity index (χ0v) is 18.3. The summed E-state index contributed by atoms with van der Waals surface area (Å²) in [5.41, 5.74) is 2.98. The van der Waals surface area contributed by atoms with Crippen molar-refractivity contribution >= 4 is 41.2 Å². The summed E-state index contributed by atoms with van der Waals surface area (Å²) >= 11 is 6.11. The number of aryl methyl sites for hydroxylation is 1. The quantitative estimate of drug-likeness (QED) is 0.715. The van der Waals surface area contributed by atoms with Crippen molar-refractivity contribution in [3.05, 3.63) is 70.3 Å². The van der Waals surface area contributed by atoms with Gasteiger partial charge < -0.3 is 20.4 Å². The van der Waals surface area contributed by atoms with Crippen LogP contribution in [-0.2, 0) is 4.79 Å². The lowest BCUT2D eigenvalue weighted by Crippen LogP contribution is -2.51. The molecule has 1 fully saturated rings. The summed E-state index contributed by atoms with van der Waals surface area (Å²) in [5.74, 6) is -0.264. The average Bonchev–Trinajstić information content (AvgIpc) is 2.79. The van der Waals surface area contributed by atoms with Crippen molar-refractivity contribution in [2.75, 3.05) is 38.5 Å². The average molecular weight is 441 g/mol. The van der Waals surface area contributed by atoms with E-state index in [0.717, 1.165) is 11.1 Å². The molecule has 1 aliphatic rings.